The van der Waals surface area contributed by atoms with Gasteiger partial charge in [-0.15, -0.1) is 0 Å². The van der Waals surface area contributed by atoms with E-state index in [1.807, 2.05) is 12.1 Å². The maximum Gasteiger partial charge on any atom is 0.119 e. The fourth-order valence-electron chi connectivity index (χ4n) is 3.54. The van der Waals surface area contributed by atoms with E-state index in [1.54, 1.807) is 0 Å². The van der Waals surface area contributed by atoms with Gasteiger partial charge in [0.25, 0.3) is 0 Å². The zero-order valence-corrected chi connectivity index (χ0v) is 12.2. The van der Waals surface area contributed by atoms with Crippen molar-refractivity contribution in [1.82, 2.24) is 5.32 Å². The average molecular weight is 247 g/mol. The smallest absolute Gasteiger partial charge is 0.119 e. The molecule has 1 heterocycles. The monoisotopic (exact) mass is 247 g/mol. The highest BCUT2D eigenvalue weighted by Crippen LogP contribution is 2.42. The molecule has 1 fully saturated rings. The summed E-state index contributed by atoms with van der Waals surface area (Å²) in [6, 6.07) is 5.93. The van der Waals surface area contributed by atoms with Crippen LogP contribution in [0.3, 0.4) is 0 Å². The second kappa shape index (κ2) is 4.27. The van der Waals surface area contributed by atoms with Gasteiger partial charge >= 0.3 is 0 Å². The van der Waals surface area contributed by atoms with Crippen LogP contribution < -0.4 is 5.32 Å². The quantitative estimate of drug-likeness (QED) is 0.792. The van der Waals surface area contributed by atoms with Crippen LogP contribution in [0.5, 0.6) is 5.75 Å². The summed E-state index contributed by atoms with van der Waals surface area (Å²) < 4.78 is 0. The average Bonchev–Trinajstić information content (AvgIpc) is 2.17. The lowest BCUT2D eigenvalue weighted by Gasteiger charge is -2.46. The zero-order valence-electron chi connectivity index (χ0n) is 12.2. The molecule has 0 saturated carbocycles. The lowest BCUT2D eigenvalue weighted by atomic mass is 9.73. The number of rotatable bonds is 1. The van der Waals surface area contributed by atoms with E-state index in [0.29, 0.717) is 11.7 Å². The Balaban J connectivity index is 2.35. The number of phenolic OH excluding ortho intramolecular Hbond substituents is 1. The molecule has 2 nitrogen and oxygen atoms in total. The SMILES string of the molecule is Cc1ccc(O)c(C2CC(C)(C)NC(C)(C)C2)c1. The van der Waals surface area contributed by atoms with Gasteiger partial charge in [0.15, 0.2) is 0 Å². The molecule has 0 aromatic heterocycles. The van der Waals surface area contributed by atoms with E-state index < -0.39 is 0 Å². The largest absolute Gasteiger partial charge is 0.508 e. The molecule has 1 aliphatic rings. The molecule has 1 aromatic carbocycles. The topological polar surface area (TPSA) is 32.3 Å². The second-order valence-corrected chi connectivity index (χ2v) is 7.06. The van der Waals surface area contributed by atoms with Crippen LogP contribution in [0.4, 0.5) is 0 Å². The number of aryl methyl sites for hydroxylation is 1. The van der Waals surface area contributed by atoms with Gasteiger partial charge in [-0.1, -0.05) is 17.7 Å². The van der Waals surface area contributed by atoms with Gasteiger partial charge in [-0.05, 0) is 65.0 Å². The van der Waals surface area contributed by atoms with E-state index in [4.69, 9.17) is 0 Å². The minimum absolute atomic E-state index is 0.114. The lowest BCUT2D eigenvalue weighted by Crippen LogP contribution is -2.57. The molecule has 2 N–H and O–H groups in total. The predicted molar refractivity (Wildman–Crippen MR) is 76.1 cm³/mol. The molecular formula is C16H25NO. The Hall–Kier alpha value is -1.02. The first-order chi connectivity index (χ1) is 8.19. The van der Waals surface area contributed by atoms with E-state index in [2.05, 4.69) is 46.0 Å². The molecule has 18 heavy (non-hydrogen) atoms. The molecule has 0 radical (unpaired) electrons. The van der Waals surface area contributed by atoms with E-state index in [-0.39, 0.29) is 11.1 Å². The summed E-state index contributed by atoms with van der Waals surface area (Å²) in [4.78, 5) is 0. The van der Waals surface area contributed by atoms with Crippen molar-refractivity contribution in [2.75, 3.05) is 0 Å². The van der Waals surface area contributed by atoms with Gasteiger partial charge in [0.1, 0.15) is 5.75 Å². The van der Waals surface area contributed by atoms with Crippen LogP contribution in [0, 0.1) is 6.92 Å². The number of aromatic hydroxyl groups is 1. The van der Waals surface area contributed by atoms with Crippen molar-refractivity contribution in [3.63, 3.8) is 0 Å². The summed E-state index contributed by atoms with van der Waals surface area (Å²) in [5, 5.41) is 13.8. The summed E-state index contributed by atoms with van der Waals surface area (Å²) in [6.45, 7) is 11.1. The first-order valence-corrected chi connectivity index (χ1v) is 6.77. The fourth-order valence-corrected chi connectivity index (χ4v) is 3.54. The molecule has 0 unspecified atom stereocenters. The van der Waals surface area contributed by atoms with Gasteiger partial charge in [-0.3, -0.25) is 0 Å². The summed E-state index contributed by atoms with van der Waals surface area (Å²) in [6.07, 6.45) is 2.13. The van der Waals surface area contributed by atoms with Crippen molar-refractivity contribution in [1.29, 1.82) is 0 Å². The van der Waals surface area contributed by atoms with Gasteiger partial charge in [0.2, 0.25) is 0 Å². The van der Waals surface area contributed by atoms with E-state index in [1.165, 1.54) is 5.56 Å². The Bertz CT molecular complexity index is 432. The van der Waals surface area contributed by atoms with Crippen molar-refractivity contribution in [3.05, 3.63) is 29.3 Å². The Morgan fingerprint density at radius 1 is 1.11 bits per heavy atom. The van der Waals surface area contributed by atoms with Crippen LogP contribution in [0.15, 0.2) is 18.2 Å². The molecular weight excluding hydrogens is 222 g/mol. The molecule has 1 aliphatic heterocycles. The number of piperidine rings is 1. The first kappa shape index (κ1) is 13.4. The predicted octanol–water partition coefficient (Wildman–Crippen LogP) is 3.72. The second-order valence-electron chi connectivity index (χ2n) is 7.06. The van der Waals surface area contributed by atoms with Gasteiger partial charge < -0.3 is 10.4 Å². The van der Waals surface area contributed by atoms with Crippen LogP contribution in [0.2, 0.25) is 0 Å². The summed E-state index contributed by atoms with van der Waals surface area (Å²) in [5.74, 6) is 0.871. The number of hydrogen-bond donors (Lipinski definition) is 2. The lowest BCUT2D eigenvalue weighted by molar-refractivity contribution is 0.160. The minimum atomic E-state index is 0.114. The highest BCUT2D eigenvalue weighted by molar-refractivity contribution is 5.39. The third kappa shape index (κ3) is 2.86. The highest BCUT2D eigenvalue weighted by Gasteiger charge is 2.38. The number of benzene rings is 1. The van der Waals surface area contributed by atoms with Crippen molar-refractivity contribution in [2.45, 2.75) is 64.5 Å². The molecule has 0 bridgehead atoms. The maximum absolute atomic E-state index is 10.1. The number of nitrogens with one attached hydrogen (secondary N) is 1. The normalized spacial score (nSPS) is 22.9. The van der Waals surface area contributed by atoms with Crippen molar-refractivity contribution >= 4 is 0 Å². The van der Waals surface area contributed by atoms with Crippen LogP contribution in [-0.4, -0.2) is 16.2 Å². The molecule has 1 saturated heterocycles. The van der Waals surface area contributed by atoms with Crippen LogP contribution in [-0.2, 0) is 0 Å². The van der Waals surface area contributed by atoms with E-state index in [0.717, 1.165) is 18.4 Å². The Morgan fingerprint density at radius 2 is 1.67 bits per heavy atom. The molecule has 2 heteroatoms. The molecule has 0 aliphatic carbocycles. The molecule has 1 aromatic rings. The van der Waals surface area contributed by atoms with E-state index >= 15 is 0 Å². The van der Waals surface area contributed by atoms with Crippen molar-refractivity contribution in [2.24, 2.45) is 0 Å². The number of hydrogen-bond acceptors (Lipinski definition) is 2. The Kier molecular flexibility index (Phi) is 3.18. The van der Waals surface area contributed by atoms with Crippen LogP contribution in [0.25, 0.3) is 0 Å². The van der Waals surface area contributed by atoms with E-state index in [9.17, 15) is 5.11 Å². The molecule has 0 amide bonds. The number of phenols is 1. The Labute approximate surface area is 110 Å². The first-order valence-electron chi connectivity index (χ1n) is 6.77. The summed E-state index contributed by atoms with van der Waals surface area (Å²) >= 11 is 0. The maximum atomic E-state index is 10.1. The summed E-state index contributed by atoms with van der Waals surface area (Å²) in [7, 11) is 0. The molecule has 0 spiro atoms. The fraction of sp³-hybridized carbons (Fsp3) is 0.625. The van der Waals surface area contributed by atoms with Crippen molar-refractivity contribution < 1.29 is 5.11 Å². The van der Waals surface area contributed by atoms with Gasteiger partial charge in [0, 0.05) is 11.1 Å². The van der Waals surface area contributed by atoms with Gasteiger partial charge in [-0.2, -0.15) is 0 Å². The molecule has 0 atom stereocenters. The van der Waals surface area contributed by atoms with Gasteiger partial charge in [-0.25, -0.2) is 0 Å². The third-order valence-corrected chi connectivity index (χ3v) is 3.81. The van der Waals surface area contributed by atoms with Crippen molar-refractivity contribution in [3.8, 4) is 5.75 Å². The standard InChI is InChI=1S/C16H25NO/c1-11-6-7-14(18)13(8-11)12-9-15(2,3)17-16(4,5)10-12/h6-8,12,17-18H,9-10H2,1-5H3. The molecule has 2 rings (SSSR count). The van der Waals surface area contributed by atoms with Gasteiger partial charge in [0.05, 0.1) is 0 Å². The minimum Gasteiger partial charge on any atom is -0.508 e. The zero-order chi connectivity index (χ0) is 13.6. The third-order valence-electron chi connectivity index (χ3n) is 3.81. The highest BCUT2D eigenvalue weighted by atomic mass is 16.3. The van der Waals surface area contributed by atoms with Crippen LogP contribution in [0.1, 0.15) is 57.6 Å². The summed E-state index contributed by atoms with van der Waals surface area (Å²) in [5.41, 5.74) is 2.56. The molecule has 100 valence electrons. The van der Waals surface area contributed by atoms with Crippen LogP contribution >= 0.6 is 0 Å². The Morgan fingerprint density at radius 3 is 2.22 bits per heavy atom.